The second-order valence-corrected chi connectivity index (χ2v) is 7.45. The number of hydrogen-bond donors (Lipinski definition) is 2. The quantitative estimate of drug-likeness (QED) is 0.679. The Hall–Kier alpha value is -2.93. The summed E-state index contributed by atoms with van der Waals surface area (Å²) in [6.07, 6.45) is 7.75. The first-order valence-corrected chi connectivity index (χ1v) is 9.60. The Morgan fingerprint density at radius 1 is 0.963 bits per heavy atom. The molecule has 0 aliphatic heterocycles. The van der Waals surface area contributed by atoms with Crippen LogP contribution in [-0.2, 0) is 12.8 Å². The zero-order valence-corrected chi connectivity index (χ0v) is 15.3. The summed E-state index contributed by atoms with van der Waals surface area (Å²) >= 11 is 1.61. The summed E-state index contributed by atoms with van der Waals surface area (Å²) in [6, 6.07) is 9.45. The third-order valence-corrected chi connectivity index (χ3v) is 5.93. The second-order valence-electron chi connectivity index (χ2n) is 6.37. The van der Waals surface area contributed by atoms with E-state index in [0.29, 0.717) is 5.56 Å². The number of rotatable bonds is 3. The van der Waals surface area contributed by atoms with E-state index in [1.54, 1.807) is 17.4 Å². The van der Waals surface area contributed by atoms with E-state index < -0.39 is 11.7 Å². The molecule has 2 amide bonds. The van der Waals surface area contributed by atoms with E-state index >= 15 is 0 Å². The van der Waals surface area contributed by atoms with Crippen molar-refractivity contribution in [1.29, 1.82) is 0 Å². The predicted molar refractivity (Wildman–Crippen MR) is 102 cm³/mol. The number of aryl methyl sites for hydroxylation is 1. The van der Waals surface area contributed by atoms with Gasteiger partial charge in [0.1, 0.15) is 10.8 Å². The Kier molecular flexibility index (Phi) is 4.77. The molecule has 0 radical (unpaired) electrons. The van der Waals surface area contributed by atoms with Crippen LogP contribution in [0.5, 0.6) is 0 Å². The van der Waals surface area contributed by atoms with Gasteiger partial charge in [0.15, 0.2) is 0 Å². The number of carbonyl (C=O) groups is 2. The maximum Gasteiger partial charge on any atom is 0.273 e. The Morgan fingerprint density at radius 2 is 1.67 bits per heavy atom. The average molecular weight is 383 g/mol. The van der Waals surface area contributed by atoms with Crippen molar-refractivity contribution in [3.8, 4) is 5.00 Å². The van der Waals surface area contributed by atoms with Crippen molar-refractivity contribution in [2.45, 2.75) is 25.7 Å². The van der Waals surface area contributed by atoms with Gasteiger partial charge in [-0.15, -0.1) is 11.3 Å². The maximum absolute atomic E-state index is 13.7. The van der Waals surface area contributed by atoms with Crippen LogP contribution in [-0.4, -0.2) is 16.4 Å². The summed E-state index contributed by atoms with van der Waals surface area (Å²) in [5.74, 6) is -1.71. The van der Waals surface area contributed by atoms with Crippen LogP contribution in [0.15, 0.2) is 48.8 Å². The number of thiophene rings is 1. The summed E-state index contributed by atoms with van der Waals surface area (Å²) in [6.45, 7) is 0. The molecule has 0 bridgehead atoms. The van der Waals surface area contributed by atoms with Gasteiger partial charge in [-0.1, -0.05) is 12.1 Å². The highest BCUT2D eigenvalue weighted by Gasteiger charge is 2.26. The van der Waals surface area contributed by atoms with Crippen molar-refractivity contribution in [1.82, 2.24) is 15.4 Å². The van der Waals surface area contributed by atoms with E-state index in [1.165, 1.54) is 23.1 Å². The van der Waals surface area contributed by atoms with Gasteiger partial charge < -0.3 is 4.57 Å². The zero-order valence-electron chi connectivity index (χ0n) is 14.5. The molecule has 0 unspecified atom stereocenters. The minimum atomic E-state index is -0.687. The first-order chi connectivity index (χ1) is 13.1. The van der Waals surface area contributed by atoms with Gasteiger partial charge in [0.25, 0.3) is 11.8 Å². The van der Waals surface area contributed by atoms with Crippen molar-refractivity contribution < 1.29 is 14.0 Å². The Bertz CT molecular complexity index is 995. The number of hydrazine groups is 1. The molecular formula is C20H18FN3O2S. The predicted octanol–water partition coefficient (Wildman–Crippen LogP) is 3.63. The first kappa shape index (κ1) is 17.5. The summed E-state index contributed by atoms with van der Waals surface area (Å²) < 4.78 is 15.7. The maximum atomic E-state index is 13.7. The van der Waals surface area contributed by atoms with E-state index in [0.717, 1.165) is 36.2 Å². The SMILES string of the molecule is O=C(NNC(=O)c1c(-n2cccc2)sc2c1CCCC2)c1ccccc1F. The topological polar surface area (TPSA) is 63.1 Å². The fourth-order valence-electron chi connectivity index (χ4n) is 3.33. The molecule has 2 heterocycles. The third-order valence-electron chi connectivity index (χ3n) is 4.63. The van der Waals surface area contributed by atoms with Crippen LogP contribution >= 0.6 is 11.3 Å². The highest BCUT2D eigenvalue weighted by Crippen LogP contribution is 2.36. The number of halogens is 1. The molecule has 2 aromatic heterocycles. The molecule has 0 spiro atoms. The molecule has 5 nitrogen and oxygen atoms in total. The first-order valence-electron chi connectivity index (χ1n) is 8.78. The van der Waals surface area contributed by atoms with Crippen molar-refractivity contribution in [2.75, 3.05) is 0 Å². The van der Waals surface area contributed by atoms with Gasteiger partial charge in [0, 0.05) is 17.3 Å². The monoisotopic (exact) mass is 383 g/mol. The fraction of sp³-hybridized carbons (Fsp3) is 0.200. The lowest BCUT2D eigenvalue weighted by atomic mass is 9.95. The smallest absolute Gasteiger partial charge is 0.273 e. The number of aromatic nitrogens is 1. The van der Waals surface area contributed by atoms with Crippen LogP contribution in [0.1, 0.15) is 44.0 Å². The molecular weight excluding hydrogens is 365 g/mol. The lowest BCUT2D eigenvalue weighted by Gasteiger charge is -2.14. The molecule has 27 heavy (non-hydrogen) atoms. The van der Waals surface area contributed by atoms with E-state index in [4.69, 9.17) is 0 Å². The van der Waals surface area contributed by atoms with Crippen LogP contribution < -0.4 is 10.9 Å². The number of carbonyl (C=O) groups excluding carboxylic acids is 2. The molecule has 0 saturated carbocycles. The lowest BCUT2D eigenvalue weighted by Crippen LogP contribution is -2.42. The molecule has 2 N–H and O–H groups in total. The van der Waals surface area contributed by atoms with E-state index in [9.17, 15) is 14.0 Å². The molecule has 138 valence electrons. The van der Waals surface area contributed by atoms with Gasteiger partial charge >= 0.3 is 0 Å². The van der Waals surface area contributed by atoms with Crippen LogP contribution in [0.3, 0.4) is 0 Å². The van der Waals surface area contributed by atoms with E-state index in [2.05, 4.69) is 10.9 Å². The molecule has 1 aliphatic carbocycles. The molecule has 4 rings (SSSR count). The Morgan fingerprint density at radius 3 is 2.44 bits per heavy atom. The van der Waals surface area contributed by atoms with Crippen LogP contribution in [0.2, 0.25) is 0 Å². The molecule has 1 aromatic carbocycles. The van der Waals surface area contributed by atoms with Gasteiger partial charge in [0.05, 0.1) is 11.1 Å². The normalized spacial score (nSPS) is 13.1. The molecule has 0 atom stereocenters. The number of nitrogens with zero attached hydrogens (tertiary/aromatic N) is 1. The average Bonchev–Trinajstić information content (AvgIpc) is 3.33. The highest BCUT2D eigenvalue weighted by molar-refractivity contribution is 7.15. The van der Waals surface area contributed by atoms with Crippen LogP contribution in [0.4, 0.5) is 4.39 Å². The Labute approximate surface area is 159 Å². The standard InChI is InChI=1S/C20H18FN3O2S/c21-15-9-3-1-7-13(15)18(25)22-23-19(26)17-14-8-2-4-10-16(14)27-20(17)24-11-5-6-12-24/h1,3,5-7,9,11-12H,2,4,8,10H2,(H,22,25)(H,23,26). The number of fused-ring (bicyclic) bond motifs is 1. The van der Waals surface area contributed by atoms with Crippen molar-refractivity contribution in [3.63, 3.8) is 0 Å². The van der Waals surface area contributed by atoms with Gasteiger partial charge in [-0.3, -0.25) is 20.4 Å². The molecule has 0 saturated heterocycles. The number of amides is 2. The third kappa shape index (κ3) is 3.38. The van der Waals surface area contributed by atoms with Crippen molar-refractivity contribution >= 4 is 23.2 Å². The number of benzene rings is 1. The van der Waals surface area contributed by atoms with E-state index in [1.807, 2.05) is 29.1 Å². The van der Waals surface area contributed by atoms with E-state index in [-0.39, 0.29) is 11.5 Å². The van der Waals surface area contributed by atoms with Gasteiger partial charge in [0.2, 0.25) is 0 Å². The molecule has 1 aliphatic rings. The summed E-state index contributed by atoms with van der Waals surface area (Å²) in [7, 11) is 0. The number of nitrogens with one attached hydrogen (secondary N) is 2. The lowest BCUT2D eigenvalue weighted by molar-refractivity contribution is 0.0844. The summed E-state index contributed by atoms with van der Waals surface area (Å²) in [4.78, 5) is 26.3. The minimum absolute atomic E-state index is 0.115. The van der Waals surface area contributed by atoms with Gasteiger partial charge in [-0.25, -0.2) is 4.39 Å². The van der Waals surface area contributed by atoms with Crippen molar-refractivity contribution in [3.05, 3.63) is 76.2 Å². The van der Waals surface area contributed by atoms with Crippen LogP contribution in [0.25, 0.3) is 5.00 Å². The van der Waals surface area contributed by atoms with Gasteiger partial charge in [-0.05, 0) is 55.5 Å². The zero-order chi connectivity index (χ0) is 18.8. The van der Waals surface area contributed by atoms with Crippen LogP contribution in [0, 0.1) is 5.82 Å². The van der Waals surface area contributed by atoms with Gasteiger partial charge in [-0.2, -0.15) is 0 Å². The molecule has 3 aromatic rings. The number of hydrogen-bond acceptors (Lipinski definition) is 3. The Balaban J connectivity index is 1.59. The summed E-state index contributed by atoms with van der Waals surface area (Å²) in [5, 5.41) is 0.838. The summed E-state index contributed by atoms with van der Waals surface area (Å²) in [5.41, 5.74) is 6.29. The fourth-order valence-corrected chi connectivity index (χ4v) is 4.68. The van der Waals surface area contributed by atoms with Crippen molar-refractivity contribution in [2.24, 2.45) is 0 Å². The highest BCUT2D eigenvalue weighted by atomic mass is 32.1. The molecule has 7 heteroatoms. The second kappa shape index (κ2) is 7.36. The largest absolute Gasteiger partial charge is 0.315 e. The molecule has 0 fully saturated rings. The minimum Gasteiger partial charge on any atom is -0.315 e.